The van der Waals surface area contributed by atoms with Crippen LogP contribution in [0.1, 0.15) is 24.1 Å². The van der Waals surface area contributed by atoms with Crippen molar-refractivity contribution in [1.82, 2.24) is 20.4 Å². The quantitative estimate of drug-likeness (QED) is 0.747. The van der Waals surface area contributed by atoms with E-state index in [1.54, 1.807) is 0 Å². The van der Waals surface area contributed by atoms with Crippen molar-refractivity contribution in [3.63, 3.8) is 0 Å². The summed E-state index contributed by atoms with van der Waals surface area (Å²) < 4.78 is 1.82. The van der Waals surface area contributed by atoms with E-state index in [1.165, 1.54) is 18.4 Å². The van der Waals surface area contributed by atoms with Gasteiger partial charge in [-0.15, -0.1) is 0 Å². The summed E-state index contributed by atoms with van der Waals surface area (Å²) in [5.74, 6) is 0. The summed E-state index contributed by atoms with van der Waals surface area (Å²) in [5, 5.41) is 11.5. The summed E-state index contributed by atoms with van der Waals surface area (Å²) in [7, 11) is 1.93. The number of hydrogen-bond donors (Lipinski definition) is 2. The Morgan fingerprint density at radius 3 is 2.93 bits per heavy atom. The lowest BCUT2D eigenvalue weighted by molar-refractivity contribution is 0.756. The fourth-order valence-corrected chi connectivity index (χ4v) is 1.70. The molecule has 82 valence electrons. The number of nitrogens with one attached hydrogen (secondary N) is 2. The summed E-state index contributed by atoms with van der Waals surface area (Å²) >= 11 is 5.17. The molecule has 5 heteroatoms. The first kappa shape index (κ1) is 10.4. The molecule has 4 nitrogen and oxygen atoms in total. The van der Waals surface area contributed by atoms with Crippen molar-refractivity contribution >= 4 is 17.3 Å². The van der Waals surface area contributed by atoms with Crippen molar-refractivity contribution in [2.75, 3.05) is 0 Å². The van der Waals surface area contributed by atoms with Crippen LogP contribution in [0.5, 0.6) is 0 Å². The van der Waals surface area contributed by atoms with E-state index in [-0.39, 0.29) is 0 Å². The van der Waals surface area contributed by atoms with Crippen molar-refractivity contribution in [3.05, 3.63) is 17.5 Å². The van der Waals surface area contributed by atoms with Gasteiger partial charge >= 0.3 is 0 Å². The normalized spacial score (nSPS) is 15.1. The summed E-state index contributed by atoms with van der Waals surface area (Å²) in [6.07, 6.45) is 4.50. The molecule has 0 aliphatic heterocycles. The van der Waals surface area contributed by atoms with Crippen LogP contribution in [0.3, 0.4) is 0 Å². The third-order valence-electron chi connectivity index (χ3n) is 2.47. The maximum atomic E-state index is 5.17. The van der Waals surface area contributed by atoms with Gasteiger partial charge < -0.3 is 10.6 Å². The summed E-state index contributed by atoms with van der Waals surface area (Å²) in [5.41, 5.74) is 2.25. The van der Waals surface area contributed by atoms with Crippen LogP contribution >= 0.6 is 12.2 Å². The molecular formula is C10H16N4S. The molecule has 0 atom stereocenters. The molecule has 1 aliphatic carbocycles. The van der Waals surface area contributed by atoms with Crippen LogP contribution in [0, 0.1) is 6.92 Å². The van der Waals surface area contributed by atoms with E-state index in [2.05, 4.69) is 15.7 Å². The van der Waals surface area contributed by atoms with Gasteiger partial charge in [0.25, 0.3) is 0 Å². The monoisotopic (exact) mass is 224 g/mol. The summed E-state index contributed by atoms with van der Waals surface area (Å²) in [6, 6.07) is 0.611. The molecule has 1 fully saturated rings. The third kappa shape index (κ3) is 2.92. The molecule has 0 amide bonds. The minimum atomic E-state index is 0.611. The Morgan fingerprint density at radius 1 is 1.67 bits per heavy atom. The Bertz CT molecular complexity index is 367. The van der Waals surface area contributed by atoms with Gasteiger partial charge in [0.1, 0.15) is 0 Å². The van der Waals surface area contributed by atoms with Gasteiger partial charge in [-0.3, -0.25) is 4.68 Å². The SMILES string of the molecule is Cc1nn(C)cc1CNC(=S)NC1CC1. The summed E-state index contributed by atoms with van der Waals surface area (Å²) in [4.78, 5) is 0. The number of hydrogen-bond acceptors (Lipinski definition) is 2. The van der Waals surface area contributed by atoms with Crippen molar-refractivity contribution in [1.29, 1.82) is 0 Å². The fourth-order valence-electron chi connectivity index (χ4n) is 1.46. The lowest BCUT2D eigenvalue weighted by Crippen LogP contribution is -2.36. The molecule has 2 N–H and O–H groups in total. The highest BCUT2D eigenvalue weighted by Gasteiger charge is 2.21. The molecule has 0 unspecified atom stereocenters. The fraction of sp³-hybridized carbons (Fsp3) is 0.600. The van der Waals surface area contributed by atoms with Crippen LogP contribution in [0.25, 0.3) is 0 Å². The Labute approximate surface area is 95.0 Å². The third-order valence-corrected chi connectivity index (χ3v) is 2.73. The number of rotatable bonds is 3. The second-order valence-electron chi connectivity index (χ2n) is 4.01. The van der Waals surface area contributed by atoms with Gasteiger partial charge in [-0.05, 0) is 32.0 Å². The maximum absolute atomic E-state index is 5.17. The van der Waals surface area contributed by atoms with E-state index in [9.17, 15) is 0 Å². The van der Waals surface area contributed by atoms with E-state index in [0.29, 0.717) is 6.04 Å². The van der Waals surface area contributed by atoms with Crippen LogP contribution in [-0.4, -0.2) is 20.9 Å². The number of nitrogens with zero attached hydrogens (tertiary/aromatic N) is 2. The molecule has 0 radical (unpaired) electrons. The number of aromatic nitrogens is 2. The predicted octanol–water partition coefficient (Wildman–Crippen LogP) is 0.855. The highest BCUT2D eigenvalue weighted by atomic mass is 32.1. The zero-order valence-electron chi connectivity index (χ0n) is 9.08. The van der Waals surface area contributed by atoms with Crippen molar-refractivity contribution < 1.29 is 0 Å². The Kier molecular flexibility index (Phi) is 2.90. The largest absolute Gasteiger partial charge is 0.360 e. The van der Waals surface area contributed by atoms with E-state index in [0.717, 1.165) is 17.4 Å². The van der Waals surface area contributed by atoms with Gasteiger partial charge in [-0.2, -0.15) is 5.10 Å². The number of thiocarbonyl (C=S) groups is 1. The smallest absolute Gasteiger partial charge is 0.166 e. The van der Waals surface area contributed by atoms with E-state index in [4.69, 9.17) is 12.2 Å². The van der Waals surface area contributed by atoms with Crippen LogP contribution in [-0.2, 0) is 13.6 Å². The predicted molar refractivity (Wildman–Crippen MR) is 63.5 cm³/mol. The van der Waals surface area contributed by atoms with E-state index >= 15 is 0 Å². The molecule has 1 saturated carbocycles. The highest BCUT2D eigenvalue weighted by Crippen LogP contribution is 2.18. The topological polar surface area (TPSA) is 41.9 Å². The zero-order valence-corrected chi connectivity index (χ0v) is 9.90. The molecule has 1 aromatic heterocycles. The maximum Gasteiger partial charge on any atom is 0.166 e. The molecule has 1 aromatic rings. The van der Waals surface area contributed by atoms with Crippen molar-refractivity contribution in [2.24, 2.45) is 7.05 Å². The second kappa shape index (κ2) is 4.18. The van der Waals surface area contributed by atoms with Gasteiger partial charge in [-0.25, -0.2) is 0 Å². The molecule has 0 aromatic carbocycles. The highest BCUT2D eigenvalue weighted by molar-refractivity contribution is 7.80. The number of aryl methyl sites for hydroxylation is 2. The molecule has 1 heterocycles. The standard InChI is InChI=1S/C10H16N4S/c1-7-8(6-14(2)13-7)5-11-10(15)12-9-3-4-9/h6,9H,3-5H2,1-2H3,(H2,11,12,15). The average Bonchev–Trinajstić information content (AvgIpc) is 2.89. The van der Waals surface area contributed by atoms with E-state index in [1.807, 2.05) is 24.9 Å². The molecule has 1 aliphatic rings. The minimum Gasteiger partial charge on any atom is -0.360 e. The Morgan fingerprint density at radius 2 is 2.40 bits per heavy atom. The second-order valence-corrected chi connectivity index (χ2v) is 4.42. The van der Waals surface area contributed by atoms with E-state index < -0.39 is 0 Å². The van der Waals surface area contributed by atoms with Crippen LogP contribution in [0.2, 0.25) is 0 Å². The molecule has 2 rings (SSSR count). The van der Waals surface area contributed by atoms with Gasteiger partial charge in [0.2, 0.25) is 0 Å². The van der Waals surface area contributed by atoms with Gasteiger partial charge in [0.05, 0.1) is 5.69 Å². The van der Waals surface area contributed by atoms with Crippen LogP contribution < -0.4 is 10.6 Å². The van der Waals surface area contributed by atoms with Gasteiger partial charge in [0.15, 0.2) is 5.11 Å². The molecule has 0 saturated heterocycles. The molecule has 0 spiro atoms. The van der Waals surface area contributed by atoms with Gasteiger partial charge in [-0.1, -0.05) is 0 Å². The van der Waals surface area contributed by atoms with Crippen LogP contribution in [0.4, 0.5) is 0 Å². The first-order valence-corrected chi connectivity index (χ1v) is 5.59. The zero-order chi connectivity index (χ0) is 10.8. The Balaban J connectivity index is 1.81. The first-order valence-electron chi connectivity index (χ1n) is 5.18. The Hall–Kier alpha value is -1.10. The molecular weight excluding hydrogens is 208 g/mol. The van der Waals surface area contributed by atoms with Crippen molar-refractivity contribution in [2.45, 2.75) is 32.4 Å². The lowest BCUT2D eigenvalue weighted by atomic mass is 10.3. The molecule has 15 heavy (non-hydrogen) atoms. The molecule has 0 bridgehead atoms. The summed E-state index contributed by atoms with van der Waals surface area (Å²) in [6.45, 7) is 2.76. The average molecular weight is 224 g/mol. The van der Waals surface area contributed by atoms with Crippen LogP contribution in [0.15, 0.2) is 6.20 Å². The van der Waals surface area contributed by atoms with Crippen molar-refractivity contribution in [3.8, 4) is 0 Å². The first-order chi connectivity index (χ1) is 7.15. The lowest BCUT2D eigenvalue weighted by Gasteiger charge is -2.08. The minimum absolute atomic E-state index is 0.611. The van der Waals surface area contributed by atoms with Gasteiger partial charge in [0, 0.05) is 31.4 Å².